The van der Waals surface area contributed by atoms with E-state index in [1.54, 1.807) is 10.9 Å². The second-order valence-electron chi connectivity index (χ2n) is 6.94. The van der Waals surface area contributed by atoms with Crippen molar-refractivity contribution in [1.82, 2.24) is 20.0 Å². The first-order valence-electron chi connectivity index (χ1n) is 9.67. The number of hydrogen-bond acceptors (Lipinski definition) is 3. The Kier molecular flexibility index (Phi) is 10.8. The Hall–Kier alpha value is -1.07. The van der Waals surface area contributed by atoms with Crippen LogP contribution in [0.2, 0.25) is 5.02 Å². The number of carbonyl (C=O) groups is 1. The van der Waals surface area contributed by atoms with Gasteiger partial charge in [0.25, 0.3) is 0 Å². The van der Waals surface area contributed by atoms with E-state index in [1.807, 2.05) is 6.92 Å². The molecule has 0 radical (unpaired) electrons. The Bertz CT molecular complexity index is 474. The van der Waals surface area contributed by atoms with E-state index in [1.165, 1.54) is 38.5 Å². The molecule has 0 aliphatic rings. The first-order valence-corrected chi connectivity index (χ1v) is 10.0. The Morgan fingerprint density at radius 3 is 2.32 bits per heavy atom. The van der Waals surface area contributed by atoms with Crippen molar-refractivity contribution in [2.45, 2.75) is 78.8 Å². The standard InChI is InChI=1S/C19H35ClN4O/c1-5-7-9-11-23(12-10-8-6-2)13-16(3)21-19(25)15-24-14-18(20)17(4)22-24/h14,16H,5-13,15H2,1-4H3,(H,21,25). The van der Waals surface area contributed by atoms with Gasteiger partial charge >= 0.3 is 0 Å². The summed E-state index contributed by atoms with van der Waals surface area (Å²) in [6.45, 7) is 11.7. The van der Waals surface area contributed by atoms with Crippen LogP contribution in [0.5, 0.6) is 0 Å². The van der Waals surface area contributed by atoms with Crippen molar-refractivity contribution >= 4 is 17.5 Å². The molecule has 6 heteroatoms. The van der Waals surface area contributed by atoms with Crippen molar-refractivity contribution < 1.29 is 4.79 Å². The molecule has 1 amide bonds. The summed E-state index contributed by atoms with van der Waals surface area (Å²) in [7, 11) is 0. The average molecular weight is 371 g/mol. The summed E-state index contributed by atoms with van der Waals surface area (Å²) in [5, 5.41) is 7.91. The highest BCUT2D eigenvalue weighted by atomic mass is 35.5. The van der Waals surface area contributed by atoms with Gasteiger partial charge in [-0.25, -0.2) is 0 Å². The van der Waals surface area contributed by atoms with Crippen LogP contribution in [0.15, 0.2) is 6.20 Å². The third kappa shape index (κ3) is 9.26. The Labute approximate surface area is 158 Å². The molecule has 0 saturated carbocycles. The lowest BCUT2D eigenvalue weighted by atomic mass is 10.2. The average Bonchev–Trinajstić information content (AvgIpc) is 2.84. The van der Waals surface area contributed by atoms with Gasteiger partial charge in [-0.05, 0) is 39.8 Å². The maximum Gasteiger partial charge on any atom is 0.241 e. The van der Waals surface area contributed by atoms with E-state index in [0.717, 1.165) is 25.3 Å². The quantitative estimate of drug-likeness (QED) is 0.533. The molecule has 1 heterocycles. The van der Waals surface area contributed by atoms with Gasteiger partial charge in [-0.2, -0.15) is 5.10 Å². The molecule has 0 bridgehead atoms. The lowest BCUT2D eigenvalue weighted by Crippen LogP contribution is -2.43. The van der Waals surface area contributed by atoms with Crippen molar-refractivity contribution in [2.24, 2.45) is 0 Å². The number of rotatable bonds is 13. The van der Waals surface area contributed by atoms with Crippen LogP contribution in [0.25, 0.3) is 0 Å². The fourth-order valence-corrected chi connectivity index (χ4v) is 3.09. The summed E-state index contributed by atoms with van der Waals surface area (Å²) in [4.78, 5) is 14.7. The molecule has 1 aromatic heterocycles. The van der Waals surface area contributed by atoms with E-state index in [4.69, 9.17) is 11.6 Å². The first kappa shape index (κ1) is 22.0. The van der Waals surface area contributed by atoms with E-state index < -0.39 is 0 Å². The lowest BCUT2D eigenvalue weighted by molar-refractivity contribution is -0.122. The Morgan fingerprint density at radius 1 is 1.24 bits per heavy atom. The van der Waals surface area contributed by atoms with Gasteiger partial charge in [-0.15, -0.1) is 0 Å². The molecule has 1 unspecified atom stereocenters. The van der Waals surface area contributed by atoms with E-state index in [2.05, 4.69) is 36.1 Å². The van der Waals surface area contributed by atoms with Gasteiger partial charge in [0.2, 0.25) is 5.91 Å². The molecular weight excluding hydrogens is 336 g/mol. The van der Waals surface area contributed by atoms with Crippen molar-refractivity contribution in [3.63, 3.8) is 0 Å². The molecule has 0 spiro atoms. The number of hydrogen-bond donors (Lipinski definition) is 1. The number of unbranched alkanes of at least 4 members (excludes halogenated alkanes) is 4. The van der Waals surface area contributed by atoms with Gasteiger partial charge in [-0.3, -0.25) is 9.48 Å². The number of aromatic nitrogens is 2. The van der Waals surface area contributed by atoms with Crippen molar-refractivity contribution in [1.29, 1.82) is 0 Å². The number of halogens is 1. The number of aryl methyl sites for hydroxylation is 1. The molecule has 0 saturated heterocycles. The zero-order valence-corrected chi connectivity index (χ0v) is 17.1. The summed E-state index contributed by atoms with van der Waals surface area (Å²) in [5.74, 6) is -0.0197. The molecular formula is C19H35ClN4O. The van der Waals surface area contributed by atoms with E-state index in [0.29, 0.717) is 5.02 Å². The molecule has 0 aromatic carbocycles. The zero-order valence-electron chi connectivity index (χ0n) is 16.4. The van der Waals surface area contributed by atoms with Crippen LogP contribution in [-0.2, 0) is 11.3 Å². The molecule has 25 heavy (non-hydrogen) atoms. The summed E-state index contributed by atoms with van der Waals surface area (Å²) >= 11 is 5.99. The highest BCUT2D eigenvalue weighted by molar-refractivity contribution is 6.31. The first-order chi connectivity index (χ1) is 12.0. The molecule has 1 atom stereocenters. The van der Waals surface area contributed by atoms with Gasteiger partial charge < -0.3 is 10.2 Å². The van der Waals surface area contributed by atoms with Crippen molar-refractivity contribution in [3.05, 3.63) is 16.9 Å². The zero-order chi connectivity index (χ0) is 18.7. The number of nitrogens with zero attached hydrogens (tertiary/aromatic N) is 3. The summed E-state index contributed by atoms with van der Waals surface area (Å²) in [5.41, 5.74) is 0.750. The van der Waals surface area contributed by atoms with Crippen molar-refractivity contribution in [3.8, 4) is 0 Å². The normalized spacial score (nSPS) is 12.6. The van der Waals surface area contributed by atoms with Crippen LogP contribution in [0.1, 0.15) is 65.0 Å². The van der Waals surface area contributed by atoms with Gasteiger partial charge in [0.1, 0.15) is 6.54 Å². The van der Waals surface area contributed by atoms with E-state index in [-0.39, 0.29) is 18.5 Å². The largest absolute Gasteiger partial charge is 0.351 e. The minimum absolute atomic E-state index is 0.0197. The third-order valence-electron chi connectivity index (χ3n) is 4.29. The Morgan fingerprint density at radius 2 is 1.84 bits per heavy atom. The second kappa shape index (κ2) is 12.3. The molecule has 1 rings (SSSR count). The van der Waals surface area contributed by atoms with E-state index >= 15 is 0 Å². The predicted octanol–water partition coefficient (Wildman–Crippen LogP) is 4.03. The molecule has 1 aromatic rings. The van der Waals surface area contributed by atoms with E-state index in [9.17, 15) is 4.79 Å². The molecule has 0 aliphatic carbocycles. The predicted molar refractivity (Wildman–Crippen MR) is 105 cm³/mol. The van der Waals surface area contributed by atoms with Crippen LogP contribution in [0, 0.1) is 6.92 Å². The number of amides is 1. The third-order valence-corrected chi connectivity index (χ3v) is 4.66. The van der Waals surface area contributed by atoms with Gasteiger partial charge in [-0.1, -0.05) is 51.1 Å². The van der Waals surface area contributed by atoms with Crippen LogP contribution in [-0.4, -0.2) is 46.3 Å². The van der Waals surface area contributed by atoms with Crippen molar-refractivity contribution in [2.75, 3.05) is 19.6 Å². The number of nitrogens with one attached hydrogen (secondary N) is 1. The smallest absolute Gasteiger partial charge is 0.241 e. The highest BCUT2D eigenvalue weighted by Crippen LogP contribution is 2.11. The molecule has 0 aliphatic heterocycles. The summed E-state index contributed by atoms with van der Waals surface area (Å²) in [6, 6.07) is 0.128. The van der Waals surface area contributed by atoms with Crippen LogP contribution in [0.3, 0.4) is 0 Å². The van der Waals surface area contributed by atoms with Crippen LogP contribution < -0.4 is 5.32 Å². The van der Waals surface area contributed by atoms with Crippen LogP contribution >= 0.6 is 11.6 Å². The minimum atomic E-state index is -0.0197. The summed E-state index contributed by atoms with van der Waals surface area (Å²) in [6.07, 6.45) is 9.17. The minimum Gasteiger partial charge on any atom is -0.351 e. The van der Waals surface area contributed by atoms with Crippen LogP contribution in [0.4, 0.5) is 0 Å². The second-order valence-corrected chi connectivity index (χ2v) is 7.35. The Balaban J connectivity index is 2.42. The molecule has 5 nitrogen and oxygen atoms in total. The monoisotopic (exact) mass is 370 g/mol. The fourth-order valence-electron chi connectivity index (χ4n) is 2.94. The maximum atomic E-state index is 12.2. The van der Waals surface area contributed by atoms with Gasteiger partial charge in [0, 0.05) is 18.8 Å². The maximum absolute atomic E-state index is 12.2. The summed E-state index contributed by atoms with van der Waals surface area (Å²) < 4.78 is 1.60. The van der Waals surface area contributed by atoms with Gasteiger partial charge in [0.05, 0.1) is 10.7 Å². The fraction of sp³-hybridized carbons (Fsp3) is 0.789. The van der Waals surface area contributed by atoms with Gasteiger partial charge in [0.15, 0.2) is 0 Å². The highest BCUT2D eigenvalue weighted by Gasteiger charge is 2.13. The lowest BCUT2D eigenvalue weighted by Gasteiger charge is -2.26. The topological polar surface area (TPSA) is 50.2 Å². The molecule has 0 fully saturated rings. The molecule has 144 valence electrons. The SMILES string of the molecule is CCCCCN(CCCCC)CC(C)NC(=O)Cn1cc(Cl)c(C)n1. The number of carbonyl (C=O) groups excluding carboxylic acids is 1. The molecule has 1 N–H and O–H groups in total.